The van der Waals surface area contributed by atoms with Gasteiger partial charge in [-0.1, -0.05) is 34.1 Å². The highest BCUT2D eigenvalue weighted by atomic mass is 15.2. The fraction of sp³-hybridized carbons (Fsp3) is 1.00. The summed E-state index contributed by atoms with van der Waals surface area (Å²) < 4.78 is 0. The van der Waals surface area contributed by atoms with Crippen molar-refractivity contribution in [2.75, 3.05) is 26.2 Å². The molecule has 15 heavy (non-hydrogen) atoms. The van der Waals surface area contributed by atoms with Crippen molar-refractivity contribution >= 4 is 0 Å². The number of hydrogen-bond acceptors (Lipinski definition) is 0. The molecule has 3 N–H and O–H groups in total. The molecule has 2 heteroatoms. The van der Waals surface area contributed by atoms with E-state index >= 15 is 0 Å². The van der Waals surface area contributed by atoms with Crippen molar-refractivity contribution in [2.24, 2.45) is 0 Å². The second kappa shape index (κ2) is 10.4. The van der Waals surface area contributed by atoms with Crippen molar-refractivity contribution in [1.82, 2.24) is 0 Å². The molecule has 0 spiro atoms. The lowest BCUT2D eigenvalue weighted by molar-refractivity contribution is -0.929. The van der Waals surface area contributed by atoms with Crippen LogP contribution in [0.4, 0.5) is 0 Å². The van der Waals surface area contributed by atoms with Crippen LogP contribution in [0, 0.1) is 0 Å². The van der Waals surface area contributed by atoms with Gasteiger partial charge in [-0.2, -0.15) is 0 Å². The first-order valence-corrected chi connectivity index (χ1v) is 6.96. The first-order chi connectivity index (χ1) is 7.29. The average Bonchev–Trinajstić information content (AvgIpc) is 2.71. The molecule has 0 aromatic carbocycles. The summed E-state index contributed by atoms with van der Waals surface area (Å²) in [6.45, 7) is 14.3. The molecule has 1 aliphatic rings. The predicted molar refractivity (Wildman–Crippen MR) is 67.3 cm³/mol. The molecule has 1 heterocycles. The summed E-state index contributed by atoms with van der Waals surface area (Å²) in [4.78, 5) is 1.86. The van der Waals surface area contributed by atoms with Crippen molar-refractivity contribution in [2.45, 2.75) is 59.4 Å². The highest BCUT2D eigenvalue weighted by Gasteiger charge is 2.27. The molecule has 0 aromatic rings. The van der Waals surface area contributed by atoms with Gasteiger partial charge in [0.05, 0.1) is 26.1 Å². The summed E-state index contributed by atoms with van der Waals surface area (Å²) in [7, 11) is 0. The Morgan fingerprint density at radius 1 is 1.07 bits per heavy atom. The number of nitrogens with two attached hydrogens (primary N) is 1. The zero-order valence-electron chi connectivity index (χ0n) is 11.3. The van der Waals surface area contributed by atoms with Gasteiger partial charge >= 0.3 is 0 Å². The number of rotatable bonds is 5. The van der Waals surface area contributed by atoms with Gasteiger partial charge in [0.15, 0.2) is 0 Å². The van der Waals surface area contributed by atoms with Crippen molar-refractivity contribution in [3.63, 3.8) is 0 Å². The Morgan fingerprint density at radius 3 is 1.93 bits per heavy atom. The van der Waals surface area contributed by atoms with E-state index in [0.29, 0.717) is 0 Å². The van der Waals surface area contributed by atoms with Gasteiger partial charge in [0.2, 0.25) is 0 Å². The maximum Gasteiger partial charge on any atom is 0.142 e. The smallest absolute Gasteiger partial charge is 0.142 e. The van der Waals surface area contributed by atoms with Gasteiger partial charge in [0, 0.05) is 0 Å². The van der Waals surface area contributed by atoms with Crippen LogP contribution < -0.4 is 10.2 Å². The van der Waals surface area contributed by atoms with E-state index in [9.17, 15) is 0 Å². The maximum atomic E-state index is 2.47. The standard InChI is InChI=1S/C10H22N2.C3H8/c1-3-7-12(8-4-2)10-5-6-11-9-10;1-3-2/h10-11H,3-9H2,1-2H3;3H2,1-2H3/p+2. The number of nitrogens with one attached hydrogen (secondary N) is 1. The van der Waals surface area contributed by atoms with Crippen LogP contribution in [-0.4, -0.2) is 32.2 Å². The van der Waals surface area contributed by atoms with Crippen LogP contribution in [0.15, 0.2) is 0 Å². The molecule has 0 bridgehead atoms. The van der Waals surface area contributed by atoms with Crippen LogP contribution in [0.2, 0.25) is 0 Å². The van der Waals surface area contributed by atoms with Gasteiger partial charge in [0.25, 0.3) is 0 Å². The largest absolute Gasteiger partial charge is 0.341 e. The quantitative estimate of drug-likeness (QED) is 0.666. The average molecular weight is 216 g/mol. The van der Waals surface area contributed by atoms with Crippen LogP contribution in [0.25, 0.3) is 0 Å². The number of hydrogen-bond donors (Lipinski definition) is 2. The van der Waals surface area contributed by atoms with Gasteiger partial charge in [-0.3, -0.25) is 0 Å². The molecule has 0 aromatic heterocycles. The van der Waals surface area contributed by atoms with Crippen LogP contribution in [-0.2, 0) is 0 Å². The molecular formula is C13H32N2+2. The summed E-state index contributed by atoms with van der Waals surface area (Å²) in [6.07, 6.45) is 5.37. The van der Waals surface area contributed by atoms with E-state index in [2.05, 4.69) is 33.0 Å². The van der Waals surface area contributed by atoms with E-state index in [-0.39, 0.29) is 0 Å². The lowest BCUT2D eigenvalue weighted by Crippen LogP contribution is -3.17. The Kier molecular flexibility index (Phi) is 10.4. The Balaban J connectivity index is 0.000000583. The first kappa shape index (κ1) is 14.9. The van der Waals surface area contributed by atoms with Gasteiger partial charge in [-0.05, 0) is 12.8 Å². The van der Waals surface area contributed by atoms with Crippen LogP contribution in [0.3, 0.4) is 0 Å². The summed E-state index contributed by atoms with van der Waals surface area (Å²) in [6, 6.07) is 0.963. The molecule has 92 valence electrons. The van der Waals surface area contributed by atoms with E-state index in [0.717, 1.165) is 6.04 Å². The Labute approximate surface area is 96.4 Å². The molecule has 0 radical (unpaired) electrons. The molecule has 0 aliphatic carbocycles. The monoisotopic (exact) mass is 216 g/mol. The molecule has 0 saturated carbocycles. The highest BCUT2D eigenvalue weighted by molar-refractivity contribution is 4.57. The molecule has 1 atom stereocenters. The van der Waals surface area contributed by atoms with Crippen molar-refractivity contribution < 1.29 is 10.2 Å². The molecule has 1 fully saturated rings. The minimum absolute atomic E-state index is 0.963. The lowest BCUT2D eigenvalue weighted by Gasteiger charge is -2.22. The minimum atomic E-state index is 0.963. The zero-order chi connectivity index (χ0) is 11.5. The van der Waals surface area contributed by atoms with E-state index in [1.54, 1.807) is 0 Å². The van der Waals surface area contributed by atoms with E-state index in [1.165, 1.54) is 51.9 Å². The van der Waals surface area contributed by atoms with Gasteiger partial charge < -0.3 is 10.2 Å². The molecule has 2 nitrogen and oxygen atoms in total. The third-order valence-electron chi connectivity index (χ3n) is 2.89. The fourth-order valence-electron chi connectivity index (χ4n) is 2.30. The minimum Gasteiger partial charge on any atom is -0.341 e. The van der Waals surface area contributed by atoms with Crippen LogP contribution >= 0.6 is 0 Å². The van der Waals surface area contributed by atoms with Gasteiger partial charge in [-0.15, -0.1) is 0 Å². The highest BCUT2D eigenvalue weighted by Crippen LogP contribution is 1.87. The van der Waals surface area contributed by atoms with Crippen LogP contribution in [0.5, 0.6) is 0 Å². The molecular weight excluding hydrogens is 184 g/mol. The first-order valence-electron chi connectivity index (χ1n) is 6.96. The predicted octanol–water partition coefficient (Wildman–Crippen LogP) is 0.443. The maximum absolute atomic E-state index is 2.47. The van der Waals surface area contributed by atoms with Crippen LogP contribution in [0.1, 0.15) is 53.4 Å². The Hall–Kier alpha value is -0.0800. The van der Waals surface area contributed by atoms with Crippen molar-refractivity contribution in [1.29, 1.82) is 0 Å². The van der Waals surface area contributed by atoms with E-state index in [1.807, 2.05) is 4.90 Å². The Morgan fingerprint density at radius 2 is 1.60 bits per heavy atom. The molecule has 1 aliphatic heterocycles. The van der Waals surface area contributed by atoms with E-state index in [4.69, 9.17) is 0 Å². The summed E-state index contributed by atoms with van der Waals surface area (Å²) in [5, 5.41) is 2.47. The molecule has 1 saturated heterocycles. The van der Waals surface area contributed by atoms with Gasteiger partial charge in [0.1, 0.15) is 12.6 Å². The zero-order valence-corrected chi connectivity index (χ0v) is 11.3. The second-order valence-electron chi connectivity index (χ2n) is 4.66. The SMILES string of the molecule is CCC.CCC[NH+](CCC)C1CC[NH2+]C1. The van der Waals surface area contributed by atoms with Crippen molar-refractivity contribution in [3.8, 4) is 0 Å². The summed E-state index contributed by atoms with van der Waals surface area (Å²) in [5.74, 6) is 0. The summed E-state index contributed by atoms with van der Waals surface area (Å²) >= 11 is 0. The Bertz CT molecular complexity index is 114. The fourth-order valence-corrected chi connectivity index (χ4v) is 2.30. The third-order valence-corrected chi connectivity index (χ3v) is 2.89. The normalized spacial score (nSPS) is 20.2. The molecule has 1 unspecified atom stereocenters. The molecule has 0 amide bonds. The van der Waals surface area contributed by atoms with Gasteiger partial charge in [-0.25, -0.2) is 0 Å². The lowest BCUT2D eigenvalue weighted by atomic mass is 10.2. The second-order valence-corrected chi connectivity index (χ2v) is 4.66. The number of quaternary nitrogens is 2. The third kappa shape index (κ3) is 6.91. The summed E-state index contributed by atoms with van der Waals surface area (Å²) in [5.41, 5.74) is 0. The van der Waals surface area contributed by atoms with Crippen molar-refractivity contribution in [3.05, 3.63) is 0 Å². The topological polar surface area (TPSA) is 21.1 Å². The molecule has 1 rings (SSSR count). The van der Waals surface area contributed by atoms with E-state index < -0.39 is 0 Å².